The summed E-state index contributed by atoms with van der Waals surface area (Å²) in [5.74, 6) is 1.27. The van der Waals surface area contributed by atoms with Crippen LogP contribution in [0.1, 0.15) is 45.4 Å². The number of halogens is 1. The van der Waals surface area contributed by atoms with Crippen LogP contribution in [0.25, 0.3) is 0 Å². The first-order valence-corrected chi connectivity index (χ1v) is 11.1. The van der Waals surface area contributed by atoms with Gasteiger partial charge < -0.3 is 10.6 Å². The van der Waals surface area contributed by atoms with E-state index in [-0.39, 0.29) is 30.0 Å². The van der Waals surface area contributed by atoms with Gasteiger partial charge in [-0.3, -0.25) is 15.1 Å². The normalized spacial score (nSPS) is 42.6. The first-order chi connectivity index (χ1) is 13.6. The Bertz CT molecular complexity index is 539. The van der Waals surface area contributed by atoms with Crippen LogP contribution in [0.2, 0.25) is 0 Å². The van der Waals surface area contributed by atoms with Crippen LogP contribution < -0.4 is 21.5 Å². The van der Waals surface area contributed by atoms with Crippen molar-refractivity contribution in [3.63, 3.8) is 0 Å². The van der Waals surface area contributed by atoms with Crippen molar-refractivity contribution in [1.82, 2.24) is 26.5 Å². The van der Waals surface area contributed by atoms with Crippen LogP contribution in [0, 0.1) is 17.8 Å². The monoisotopic (exact) mass is 397 g/mol. The van der Waals surface area contributed by atoms with Gasteiger partial charge in [0.05, 0.1) is 12.1 Å². The highest BCUT2D eigenvalue weighted by Crippen LogP contribution is 2.34. The van der Waals surface area contributed by atoms with Crippen molar-refractivity contribution >= 4 is 5.91 Å². The molecule has 4 N–H and O–H groups in total. The van der Waals surface area contributed by atoms with E-state index in [0.717, 1.165) is 57.9 Å². The molecule has 1 aliphatic carbocycles. The molecule has 7 atom stereocenters. The molecule has 1 amide bonds. The number of hydroxylamine groups is 1. The Morgan fingerprint density at radius 1 is 1.25 bits per heavy atom. The summed E-state index contributed by atoms with van der Waals surface area (Å²) in [7, 11) is 0. The quantitative estimate of drug-likeness (QED) is 0.548. The maximum atomic E-state index is 14.2. The lowest BCUT2D eigenvalue weighted by Crippen LogP contribution is -2.47. The number of hydrogen-bond acceptors (Lipinski definition) is 6. The molecule has 0 aromatic carbocycles. The zero-order chi connectivity index (χ0) is 19.5. The van der Waals surface area contributed by atoms with Gasteiger partial charge in [0.15, 0.2) is 0 Å². The number of amides is 1. The molecule has 1 saturated carbocycles. The minimum absolute atomic E-state index is 0.0323. The van der Waals surface area contributed by atoms with E-state index in [0.29, 0.717) is 18.8 Å². The number of hydrazine groups is 1. The number of nitrogens with one attached hydrogen (secondary N) is 4. The molecule has 0 bridgehead atoms. The van der Waals surface area contributed by atoms with E-state index < -0.39 is 6.17 Å². The Morgan fingerprint density at radius 2 is 2.11 bits per heavy atom. The minimum atomic E-state index is -0.799. The predicted molar refractivity (Wildman–Crippen MR) is 105 cm³/mol. The van der Waals surface area contributed by atoms with Crippen LogP contribution in [0.15, 0.2) is 0 Å². The van der Waals surface area contributed by atoms with Gasteiger partial charge in [-0.1, -0.05) is 19.8 Å². The number of rotatable bonds is 5. The van der Waals surface area contributed by atoms with E-state index in [4.69, 9.17) is 4.84 Å². The summed E-state index contributed by atoms with van der Waals surface area (Å²) in [6, 6.07) is -0.278. The Balaban J connectivity index is 1.20. The third-order valence-corrected chi connectivity index (χ3v) is 7.15. The molecule has 160 valence electrons. The van der Waals surface area contributed by atoms with Crippen molar-refractivity contribution in [3.05, 3.63) is 0 Å². The number of carbonyl (C=O) groups is 1. The first-order valence-electron chi connectivity index (χ1n) is 11.1. The van der Waals surface area contributed by atoms with Crippen LogP contribution in [-0.4, -0.2) is 68.0 Å². The van der Waals surface area contributed by atoms with Gasteiger partial charge in [0.2, 0.25) is 5.91 Å². The lowest BCUT2D eigenvalue weighted by atomic mass is 9.82. The van der Waals surface area contributed by atoms with Gasteiger partial charge in [0.1, 0.15) is 12.2 Å². The van der Waals surface area contributed by atoms with E-state index in [9.17, 15) is 9.18 Å². The number of hydrogen-bond donors (Lipinski definition) is 4. The third-order valence-electron chi connectivity index (χ3n) is 7.15. The molecule has 4 rings (SSSR count). The van der Waals surface area contributed by atoms with Gasteiger partial charge in [-0.15, -0.1) is 0 Å². The Kier molecular flexibility index (Phi) is 6.83. The van der Waals surface area contributed by atoms with E-state index in [1.54, 1.807) is 0 Å². The molecule has 3 aliphatic heterocycles. The molecule has 7 nitrogen and oxygen atoms in total. The van der Waals surface area contributed by atoms with Gasteiger partial charge in [0.25, 0.3) is 0 Å². The Labute approximate surface area is 167 Å². The topological polar surface area (TPSA) is 77.7 Å². The predicted octanol–water partition coefficient (Wildman–Crippen LogP) is 0.727. The summed E-state index contributed by atoms with van der Waals surface area (Å²) in [5.41, 5.74) is 6.29. The van der Waals surface area contributed by atoms with Crippen molar-refractivity contribution in [2.45, 2.75) is 69.8 Å². The molecule has 3 heterocycles. The molecular weight excluding hydrogens is 361 g/mol. The molecule has 3 saturated heterocycles. The van der Waals surface area contributed by atoms with Crippen LogP contribution >= 0.6 is 0 Å². The van der Waals surface area contributed by atoms with E-state index in [1.165, 1.54) is 6.42 Å². The summed E-state index contributed by atoms with van der Waals surface area (Å²) in [6.45, 7) is 7.10. The number of nitrogens with zero attached hydrogens (tertiary/aromatic N) is 1. The number of alkyl halides is 1. The largest absolute Gasteiger partial charge is 0.349 e. The van der Waals surface area contributed by atoms with Gasteiger partial charge in [-0.25, -0.2) is 9.40 Å². The zero-order valence-corrected chi connectivity index (χ0v) is 17.0. The SMILES string of the molecule is CC1CCNCC1CN1CC(NC(=O)C2CC(C3CCCCC3F)ON2)CN1. The molecule has 0 aromatic rings. The highest BCUT2D eigenvalue weighted by atomic mass is 19.1. The maximum Gasteiger partial charge on any atom is 0.239 e. The van der Waals surface area contributed by atoms with Gasteiger partial charge in [-0.2, -0.15) is 5.48 Å². The molecule has 4 aliphatic rings. The third kappa shape index (κ3) is 4.84. The molecule has 28 heavy (non-hydrogen) atoms. The number of carbonyl (C=O) groups excluding carboxylic acids is 1. The fourth-order valence-corrected chi connectivity index (χ4v) is 5.21. The molecule has 8 heteroatoms. The second-order valence-corrected chi connectivity index (χ2v) is 9.23. The smallest absolute Gasteiger partial charge is 0.239 e. The zero-order valence-electron chi connectivity index (χ0n) is 17.0. The van der Waals surface area contributed by atoms with Crippen LogP contribution in [-0.2, 0) is 9.63 Å². The molecule has 0 aromatic heterocycles. The molecule has 0 radical (unpaired) electrons. The highest BCUT2D eigenvalue weighted by Gasteiger charge is 2.41. The molecule has 0 spiro atoms. The fourth-order valence-electron chi connectivity index (χ4n) is 5.21. The van der Waals surface area contributed by atoms with E-state index >= 15 is 0 Å². The molecular formula is C20H36FN5O2. The minimum Gasteiger partial charge on any atom is -0.349 e. The van der Waals surface area contributed by atoms with Crippen molar-refractivity contribution in [2.24, 2.45) is 17.8 Å². The van der Waals surface area contributed by atoms with Crippen molar-refractivity contribution < 1.29 is 14.0 Å². The summed E-state index contributed by atoms with van der Waals surface area (Å²) in [6.07, 6.45) is 4.30. The van der Waals surface area contributed by atoms with Crippen molar-refractivity contribution in [2.75, 3.05) is 32.7 Å². The highest BCUT2D eigenvalue weighted by molar-refractivity contribution is 5.82. The summed E-state index contributed by atoms with van der Waals surface area (Å²) in [5, 5.41) is 8.87. The van der Waals surface area contributed by atoms with Gasteiger partial charge >= 0.3 is 0 Å². The first kappa shape index (κ1) is 20.5. The lowest BCUT2D eigenvalue weighted by molar-refractivity contribution is -0.125. The average Bonchev–Trinajstić information content (AvgIpc) is 3.34. The second kappa shape index (κ2) is 9.34. The maximum absolute atomic E-state index is 14.2. The fraction of sp³-hybridized carbons (Fsp3) is 0.950. The summed E-state index contributed by atoms with van der Waals surface area (Å²) >= 11 is 0. The second-order valence-electron chi connectivity index (χ2n) is 9.23. The Hall–Kier alpha value is -0.800. The van der Waals surface area contributed by atoms with E-state index in [1.807, 2.05) is 0 Å². The van der Waals surface area contributed by atoms with Gasteiger partial charge in [0, 0.05) is 32.0 Å². The lowest BCUT2D eigenvalue weighted by Gasteiger charge is -2.32. The van der Waals surface area contributed by atoms with E-state index in [2.05, 4.69) is 33.5 Å². The van der Waals surface area contributed by atoms with Crippen molar-refractivity contribution in [1.29, 1.82) is 0 Å². The summed E-state index contributed by atoms with van der Waals surface area (Å²) in [4.78, 5) is 18.3. The molecule has 4 fully saturated rings. The average molecular weight is 398 g/mol. The van der Waals surface area contributed by atoms with Crippen LogP contribution in [0.3, 0.4) is 0 Å². The van der Waals surface area contributed by atoms with Crippen LogP contribution in [0.4, 0.5) is 4.39 Å². The van der Waals surface area contributed by atoms with Crippen molar-refractivity contribution in [3.8, 4) is 0 Å². The summed E-state index contributed by atoms with van der Waals surface area (Å²) < 4.78 is 14.2. The van der Waals surface area contributed by atoms with Crippen LogP contribution in [0.5, 0.6) is 0 Å². The Morgan fingerprint density at radius 3 is 2.93 bits per heavy atom. The number of piperidine rings is 1. The van der Waals surface area contributed by atoms with Gasteiger partial charge in [-0.05, 0) is 44.2 Å². The molecule has 7 unspecified atom stereocenters. The standard InChI is InChI=1S/C20H36FN5O2/c1-13-6-7-22-9-14(13)11-26-12-15(10-23-26)24-20(27)18-8-19(28-25-18)16-4-2-3-5-17(16)21/h13-19,22-23,25H,2-12H2,1H3,(H,24,27).